The van der Waals surface area contributed by atoms with E-state index in [9.17, 15) is 5.26 Å². The first-order chi connectivity index (χ1) is 12.2. The average molecular weight is 384 g/mol. The molecule has 3 aromatic heterocycles. The van der Waals surface area contributed by atoms with Crippen LogP contribution in [0.4, 0.5) is 0 Å². The molecule has 0 fully saturated rings. The van der Waals surface area contributed by atoms with Crippen LogP contribution in [0, 0.1) is 11.3 Å². The molecule has 0 aliphatic rings. The topological polar surface area (TPSA) is 67.4 Å². The number of nitriles is 1. The summed E-state index contributed by atoms with van der Waals surface area (Å²) in [7, 11) is 1.92. The molecule has 4 aromatic rings. The fourth-order valence-electron chi connectivity index (χ4n) is 2.44. The van der Waals surface area contributed by atoms with Gasteiger partial charge in [0.2, 0.25) is 0 Å². The highest BCUT2D eigenvalue weighted by Gasteiger charge is 2.15. The lowest BCUT2D eigenvalue weighted by Gasteiger charge is -2.05. The van der Waals surface area contributed by atoms with Gasteiger partial charge >= 0.3 is 0 Å². The number of fused-ring (bicyclic) bond motifs is 1. The SMILES string of the molecule is Cn1c(Sc2cc(C#N)c3cc(Cl)ccc3n2)nnc1-c1cccs1. The first-order valence-corrected chi connectivity index (χ1v) is 9.34. The van der Waals surface area contributed by atoms with Crippen LogP contribution in [0.25, 0.3) is 21.6 Å². The number of rotatable bonds is 3. The van der Waals surface area contributed by atoms with Crippen LogP contribution < -0.4 is 0 Å². The molecule has 5 nitrogen and oxygen atoms in total. The van der Waals surface area contributed by atoms with Crippen molar-refractivity contribution in [2.24, 2.45) is 7.05 Å². The van der Waals surface area contributed by atoms with Gasteiger partial charge in [0.05, 0.1) is 22.0 Å². The number of hydrogen-bond acceptors (Lipinski definition) is 6. The van der Waals surface area contributed by atoms with Crippen molar-refractivity contribution in [3.05, 3.63) is 52.4 Å². The Morgan fingerprint density at radius 2 is 2.12 bits per heavy atom. The van der Waals surface area contributed by atoms with E-state index < -0.39 is 0 Å². The monoisotopic (exact) mass is 383 g/mol. The zero-order valence-corrected chi connectivity index (χ0v) is 15.4. The van der Waals surface area contributed by atoms with Crippen molar-refractivity contribution in [3.8, 4) is 16.8 Å². The molecule has 0 bridgehead atoms. The van der Waals surface area contributed by atoms with Gasteiger partial charge in [0.1, 0.15) is 5.03 Å². The molecule has 0 spiro atoms. The minimum atomic E-state index is 0.538. The highest BCUT2D eigenvalue weighted by Crippen LogP contribution is 2.32. The zero-order chi connectivity index (χ0) is 17.4. The van der Waals surface area contributed by atoms with Crippen LogP contribution in [0.2, 0.25) is 5.02 Å². The summed E-state index contributed by atoms with van der Waals surface area (Å²) in [5.41, 5.74) is 1.27. The molecule has 0 atom stereocenters. The van der Waals surface area contributed by atoms with Crippen LogP contribution in [0.15, 0.2) is 52.0 Å². The maximum Gasteiger partial charge on any atom is 0.197 e. The Labute approximate surface area is 156 Å². The lowest BCUT2D eigenvalue weighted by atomic mass is 10.1. The summed E-state index contributed by atoms with van der Waals surface area (Å²) in [6.45, 7) is 0. The molecule has 1 aromatic carbocycles. The second-order valence-corrected chi connectivity index (χ2v) is 7.60. The molecule has 3 heterocycles. The molecule has 0 aliphatic carbocycles. The molecule has 0 radical (unpaired) electrons. The molecule has 4 rings (SSSR count). The molecule has 25 heavy (non-hydrogen) atoms. The van der Waals surface area contributed by atoms with Crippen LogP contribution in [0.5, 0.6) is 0 Å². The van der Waals surface area contributed by atoms with Crippen molar-refractivity contribution in [1.82, 2.24) is 19.7 Å². The Kier molecular flexibility index (Phi) is 4.17. The Morgan fingerprint density at radius 1 is 1.24 bits per heavy atom. The van der Waals surface area contributed by atoms with Gasteiger partial charge in [-0.3, -0.25) is 0 Å². The van der Waals surface area contributed by atoms with Crippen LogP contribution in [0.1, 0.15) is 5.56 Å². The molecule has 8 heteroatoms. The summed E-state index contributed by atoms with van der Waals surface area (Å²) in [5.74, 6) is 0.811. The van der Waals surface area contributed by atoms with Crippen molar-refractivity contribution < 1.29 is 0 Å². The van der Waals surface area contributed by atoms with Crippen molar-refractivity contribution in [2.45, 2.75) is 10.2 Å². The van der Waals surface area contributed by atoms with E-state index in [1.54, 1.807) is 29.5 Å². The van der Waals surface area contributed by atoms with Crippen LogP contribution in [0.3, 0.4) is 0 Å². The van der Waals surface area contributed by atoms with Crippen LogP contribution in [-0.4, -0.2) is 19.7 Å². The van der Waals surface area contributed by atoms with Crippen LogP contribution in [-0.2, 0) is 7.05 Å². The number of halogens is 1. The maximum absolute atomic E-state index is 9.44. The van der Waals surface area contributed by atoms with Crippen molar-refractivity contribution in [3.63, 3.8) is 0 Å². The summed E-state index contributed by atoms with van der Waals surface area (Å²) in [5, 5.41) is 22.7. The summed E-state index contributed by atoms with van der Waals surface area (Å²) in [4.78, 5) is 5.66. The van der Waals surface area contributed by atoms with Gasteiger partial charge in [0.25, 0.3) is 0 Å². The Hall–Kier alpha value is -2.40. The summed E-state index contributed by atoms with van der Waals surface area (Å²) in [6.07, 6.45) is 0. The van der Waals surface area contributed by atoms with Gasteiger partial charge in [0, 0.05) is 17.5 Å². The lowest BCUT2D eigenvalue weighted by Crippen LogP contribution is -1.94. The predicted molar refractivity (Wildman–Crippen MR) is 99.9 cm³/mol. The normalized spacial score (nSPS) is 10.9. The fraction of sp³-hybridized carbons (Fsp3) is 0.0588. The minimum absolute atomic E-state index is 0.538. The van der Waals surface area contributed by atoms with E-state index in [0.717, 1.165) is 21.6 Å². The van der Waals surface area contributed by atoms with Gasteiger partial charge in [-0.2, -0.15) is 5.26 Å². The third-order valence-corrected chi connectivity index (χ3v) is 5.70. The van der Waals surface area contributed by atoms with E-state index in [4.69, 9.17) is 11.6 Å². The molecule has 0 aliphatic heterocycles. The third kappa shape index (κ3) is 3.00. The van der Waals surface area contributed by atoms with Gasteiger partial charge < -0.3 is 4.57 Å². The van der Waals surface area contributed by atoms with E-state index in [2.05, 4.69) is 21.3 Å². The van der Waals surface area contributed by atoms with Gasteiger partial charge in [-0.1, -0.05) is 17.7 Å². The number of nitrogens with zero attached hydrogens (tertiary/aromatic N) is 5. The van der Waals surface area contributed by atoms with Crippen LogP contribution >= 0.6 is 34.7 Å². The second-order valence-electron chi connectivity index (χ2n) is 5.23. The standard InChI is InChI=1S/C17H10ClN5S2/c1-23-16(14-3-2-6-24-14)21-22-17(23)25-15-7-10(9-19)12-8-11(18)4-5-13(12)20-15/h2-8H,1H3. The molecular weight excluding hydrogens is 374 g/mol. The predicted octanol–water partition coefficient (Wildman–Crippen LogP) is 4.77. The van der Waals surface area contributed by atoms with Gasteiger partial charge in [-0.05, 0) is 47.5 Å². The highest BCUT2D eigenvalue weighted by molar-refractivity contribution is 7.99. The summed E-state index contributed by atoms with van der Waals surface area (Å²) in [6, 6.07) is 13.3. The third-order valence-electron chi connectivity index (χ3n) is 3.64. The van der Waals surface area contributed by atoms with Gasteiger partial charge in [0.15, 0.2) is 11.0 Å². The Morgan fingerprint density at radius 3 is 2.88 bits per heavy atom. The van der Waals surface area contributed by atoms with Crippen molar-refractivity contribution in [2.75, 3.05) is 0 Å². The molecule has 0 saturated heterocycles. The largest absolute Gasteiger partial charge is 0.304 e. The van der Waals surface area contributed by atoms with Gasteiger partial charge in [-0.25, -0.2) is 4.98 Å². The molecular formula is C17H10ClN5S2. The Bertz CT molecular complexity index is 1110. The lowest BCUT2D eigenvalue weighted by molar-refractivity contribution is 0.793. The first kappa shape index (κ1) is 16.1. The van der Waals surface area contributed by atoms with E-state index >= 15 is 0 Å². The molecule has 122 valence electrons. The molecule has 0 saturated carbocycles. The Balaban J connectivity index is 1.74. The molecule has 0 unspecified atom stereocenters. The summed E-state index contributed by atoms with van der Waals surface area (Å²) < 4.78 is 1.93. The van der Waals surface area contributed by atoms with E-state index in [1.165, 1.54) is 11.8 Å². The fourth-order valence-corrected chi connectivity index (χ4v) is 4.17. The molecule has 0 N–H and O–H groups in total. The number of hydrogen-bond donors (Lipinski definition) is 0. The van der Waals surface area contributed by atoms with Gasteiger partial charge in [-0.15, -0.1) is 21.5 Å². The zero-order valence-electron chi connectivity index (χ0n) is 13.0. The number of aromatic nitrogens is 4. The average Bonchev–Trinajstić information content (AvgIpc) is 3.25. The molecule has 0 amide bonds. The number of benzene rings is 1. The summed E-state index contributed by atoms with van der Waals surface area (Å²) >= 11 is 9.02. The second kappa shape index (κ2) is 6.48. The maximum atomic E-state index is 9.44. The minimum Gasteiger partial charge on any atom is -0.304 e. The van der Waals surface area contributed by atoms with E-state index in [1.807, 2.05) is 35.2 Å². The number of pyridine rings is 1. The van der Waals surface area contributed by atoms with E-state index in [-0.39, 0.29) is 0 Å². The van der Waals surface area contributed by atoms with E-state index in [0.29, 0.717) is 20.8 Å². The smallest absolute Gasteiger partial charge is 0.197 e. The highest BCUT2D eigenvalue weighted by atomic mass is 35.5. The van der Waals surface area contributed by atoms with Crippen molar-refractivity contribution in [1.29, 1.82) is 5.26 Å². The first-order valence-electron chi connectivity index (χ1n) is 7.27. The number of thiophene rings is 1. The van der Waals surface area contributed by atoms with Crippen molar-refractivity contribution >= 4 is 45.6 Å². The quantitative estimate of drug-likeness (QED) is 0.509.